The van der Waals surface area contributed by atoms with Crippen molar-refractivity contribution in [1.82, 2.24) is 4.57 Å². The average Bonchev–Trinajstić information content (AvgIpc) is 2.90. The predicted molar refractivity (Wildman–Crippen MR) is 102 cm³/mol. The number of nitrogens with zero attached hydrogens (tertiary/aromatic N) is 1. The number of hydrogen-bond acceptors (Lipinski definition) is 2. The van der Waals surface area contributed by atoms with E-state index in [0.717, 1.165) is 39.9 Å². The molecule has 1 heterocycles. The third-order valence-corrected chi connectivity index (χ3v) is 4.05. The average molecular weight is 337 g/mol. The van der Waals surface area contributed by atoms with Crippen LogP contribution in [0, 0.1) is 13.8 Å². The summed E-state index contributed by atoms with van der Waals surface area (Å²) in [5, 5.41) is 6.87. The van der Waals surface area contributed by atoms with Crippen molar-refractivity contribution in [2.45, 2.75) is 20.4 Å². The van der Waals surface area contributed by atoms with Gasteiger partial charge in [0.2, 0.25) is 0 Å². The Bertz CT molecular complexity index is 879. The predicted octanol–water partition coefficient (Wildman–Crippen LogP) is 4.55. The van der Waals surface area contributed by atoms with Gasteiger partial charge in [0.15, 0.2) is 0 Å². The fraction of sp³-hybridized carbons (Fsp3) is 0.250. The summed E-state index contributed by atoms with van der Waals surface area (Å²) in [6.45, 7) is 5.38. The molecule has 0 spiro atoms. The van der Waals surface area contributed by atoms with Gasteiger partial charge in [-0.2, -0.15) is 0 Å². The van der Waals surface area contributed by atoms with Crippen LogP contribution in [-0.4, -0.2) is 24.3 Å². The van der Waals surface area contributed by atoms with Crippen LogP contribution < -0.4 is 10.6 Å². The minimum Gasteiger partial charge on any atom is -0.383 e. The van der Waals surface area contributed by atoms with Crippen LogP contribution in [0.1, 0.15) is 11.1 Å². The third kappa shape index (κ3) is 4.00. The Balaban J connectivity index is 1.81. The van der Waals surface area contributed by atoms with E-state index >= 15 is 0 Å². The SMILES string of the molecule is COCCn1cc(NC(=O)Nc2cc(C)cc(C)c2)c2ccccc21. The number of aryl methyl sites for hydroxylation is 2. The van der Waals surface area contributed by atoms with Gasteiger partial charge in [0, 0.05) is 30.9 Å². The quantitative estimate of drug-likeness (QED) is 0.718. The van der Waals surface area contributed by atoms with Crippen LogP contribution >= 0.6 is 0 Å². The molecular formula is C20H23N3O2. The zero-order valence-corrected chi connectivity index (χ0v) is 14.8. The number of methoxy groups -OCH3 is 1. The molecule has 0 fully saturated rings. The number of rotatable bonds is 5. The van der Waals surface area contributed by atoms with E-state index in [2.05, 4.69) is 21.3 Å². The van der Waals surface area contributed by atoms with Gasteiger partial charge in [-0.1, -0.05) is 24.3 Å². The first-order valence-electron chi connectivity index (χ1n) is 8.30. The molecule has 0 atom stereocenters. The first-order chi connectivity index (χ1) is 12.1. The second kappa shape index (κ2) is 7.40. The van der Waals surface area contributed by atoms with E-state index < -0.39 is 0 Å². The van der Waals surface area contributed by atoms with E-state index in [9.17, 15) is 4.79 Å². The van der Waals surface area contributed by atoms with Crippen LogP contribution in [0.4, 0.5) is 16.2 Å². The summed E-state index contributed by atoms with van der Waals surface area (Å²) < 4.78 is 7.25. The third-order valence-electron chi connectivity index (χ3n) is 4.05. The van der Waals surface area contributed by atoms with Crippen molar-refractivity contribution in [2.75, 3.05) is 24.4 Å². The fourth-order valence-electron chi connectivity index (χ4n) is 3.05. The molecule has 130 valence electrons. The van der Waals surface area contributed by atoms with Crippen molar-refractivity contribution in [3.8, 4) is 0 Å². The maximum atomic E-state index is 12.4. The monoisotopic (exact) mass is 337 g/mol. The zero-order valence-electron chi connectivity index (χ0n) is 14.8. The number of benzene rings is 2. The van der Waals surface area contributed by atoms with E-state index in [1.54, 1.807) is 7.11 Å². The molecule has 5 nitrogen and oxygen atoms in total. The molecule has 0 saturated carbocycles. The summed E-state index contributed by atoms with van der Waals surface area (Å²) in [5.41, 5.74) is 4.88. The number of nitrogens with one attached hydrogen (secondary N) is 2. The summed E-state index contributed by atoms with van der Waals surface area (Å²) in [7, 11) is 1.68. The number of hydrogen-bond donors (Lipinski definition) is 2. The van der Waals surface area contributed by atoms with Crippen molar-refractivity contribution < 1.29 is 9.53 Å². The molecule has 2 amide bonds. The summed E-state index contributed by atoms with van der Waals surface area (Å²) in [5.74, 6) is 0. The number of para-hydroxylation sites is 1. The summed E-state index contributed by atoms with van der Waals surface area (Å²) in [6.07, 6.45) is 1.95. The summed E-state index contributed by atoms with van der Waals surface area (Å²) >= 11 is 0. The first-order valence-corrected chi connectivity index (χ1v) is 8.30. The topological polar surface area (TPSA) is 55.3 Å². The number of aromatic nitrogens is 1. The second-order valence-electron chi connectivity index (χ2n) is 6.20. The number of ether oxygens (including phenoxy) is 1. The Labute approximate surface area is 147 Å². The molecule has 0 saturated heterocycles. The highest BCUT2D eigenvalue weighted by atomic mass is 16.5. The van der Waals surface area contributed by atoms with Gasteiger partial charge < -0.3 is 19.9 Å². The van der Waals surface area contributed by atoms with Crippen molar-refractivity contribution in [2.24, 2.45) is 0 Å². The normalized spacial score (nSPS) is 10.8. The number of fused-ring (bicyclic) bond motifs is 1. The van der Waals surface area contributed by atoms with Crippen LogP contribution in [0.5, 0.6) is 0 Å². The van der Waals surface area contributed by atoms with Gasteiger partial charge in [0.25, 0.3) is 0 Å². The van der Waals surface area contributed by atoms with Gasteiger partial charge >= 0.3 is 6.03 Å². The molecule has 2 aromatic carbocycles. The Morgan fingerprint density at radius 2 is 1.80 bits per heavy atom. The Hall–Kier alpha value is -2.79. The van der Waals surface area contributed by atoms with E-state index in [1.165, 1.54) is 0 Å². The molecule has 0 bridgehead atoms. The highest BCUT2D eigenvalue weighted by Gasteiger charge is 2.11. The minimum atomic E-state index is -0.250. The van der Waals surface area contributed by atoms with Gasteiger partial charge in [-0.25, -0.2) is 4.79 Å². The highest BCUT2D eigenvalue weighted by Crippen LogP contribution is 2.26. The fourth-order valence-corrected chi connectivity index (χ4v) is 3.05. The van der Waals surface area contributed by atoms with Crippen LogP contribution in [0.15, 0.2) is 48.7 Å². The molecule has 1 aromatic heterocycles. The number of urea groups is 1. The molecule has 0 aliphatic carbocycles. The Morgan fingerprint density at radius 1 is 1.08 bits per heavy atom. The number of amides is 2. The van der Waals surface area contributed by atoms with Crippen molar-refractivity contribution in [1.29, 1.82) is 0 Å². The van der Waals surface area contributed by atoms with Gasteiger partial charge in [0.05, 0.1) is 17.8 Å². The van der Waals surface area contributed by atoms with Gasteiger partial charge in [-0.05, 0) is 43.2 Å². The largest absolute Gasteiger partial charge is 0.383 e. The van der Waals surface area contributed by atoms with E-state index in [4.69, 9.17) is 4.74 Å². The number of carbonyl (C=O) groups is 1. The summed E-state index contributed by atoms with van der Waals surface area (Å²) in [4.78, 5) is 12.4. The van der Waals surface area contributed by atoms with E-state index in [1.807, 2.05) is 56.4 Å². The number of carbonyl (C=O) groups excluding carboxylic acids is 1. The highest BCUT2D eigenvalue weighted by molar-refractivity contribution is 6.06. The minimum absolute atomic E-state index is 0.250. The molecule has 25 heavy (non-hydrogen) atoms. The van der Waals surface area contributed by atoms with Crippen molar-refractivity contribution in [3.63, 3.8) is 0 Å². The molecule has 5 heteroatoms. The van der Waals surface area contributed by atoms with Gasteiger partial charge in [0.1, 0.15) is 0 Å². The molecular weight excluding hydrogens is 314 g/mol. The molecule has 3 aromatic rings. The van der Waals surface area contributed by atoms with Gasteiger partial charge in [-0.15, -0.1) is 0 Å². The van der Waals surface area contributed by atoms with Crippen molar-refractivity contribution in [3.05, 3.63) is 59.8 Å². The molecule has 0 aliphatic rings. The first kappa shape index (κ1) is 17.0. The van der Waals surface area contributed by atoms with Crippen LogP contribution in [0.25, 0.3) is 10.9 Å². The molecule has 2 N–H and O–H groups in total. The lowest BCUT2D eigenvalue weighted by molar-refractivity contribution is 0.188. The van der Waals surface area contributed by atoms with Crippen molar-refractivity contribution >= 4 is 28.3 Å². The maximum Gasteiger partial charge on any atom is 0.323 e. The lowest BCUT2D eigenvalue weighted by atomic mass is 10.1. The molecule has 0 radical (unpaired) electrons. The molecule has 3 rings (SSSR count). The smallest absolute Gasteiger partial charge is 0.323 e. The molecule has 0 aliphatic heterocycles. The van der Waals surface area contributed by atoms with E-state index in [-0.39, 0.29) is 6.03 Å². The maximum absolute atomic E-state index is 12.4. The lowest BCUT2D eigenvalue weighted by Crippen LogP contribution is -2.19. The van der Waals surface area contributed by atoms with Crippen LogP contribution in [-0.2, 0) is 11.3 Å². The lowest BCUT2D eigenvalue weighted by Gasteiger charge is -2.08. The zero-order chi connectivity index (χ0) is 17.8. The standard InChI is InChI=1S/C20H23N3O2/c1-14-10-15(2)12-16(11-14)21-20(24)22-18-13-23(8-9-25-3)19-7-5-4-6-17(18)19/h4-7,10-13H,8-9H2,1-3H3,(H2,21,22,24). The van der Waals surface area contributed by atoms with Crippen LogP contribution in [0.3, 0.4) is 0 Å². The second-order valence-corrected chi connectivity index (χ2v) is 6.20. The Morgan fingerprint density at radius 3 is 2.52 bits per heavy atom. The van der Waals surface area contributed by atoms with E-state index in [0.29, 0.717) is 6.61 Å². The molecule has 0 unspecified atom stereocenters. The van der Waals surface area contributed by atoms with Crippen LogP contribution in [0.2, 0.25) is 0 Å². The number of anilines is 2. The summed E-state index contributed by atoms with van der Waals surface area (Å²) in [6, 6.07) is 13.7. The Kier molecular flexibility index (Phi) is 5.05. The van der Waals surface area contributed by atoms with Gasteiger partial charge in [-0.3, -0.25) is 0 Å².